The number of aromatic nitrogens is 2. The Morgan fingerprint density at radius 2 is 1.83 bits per heavy atom. The molecular weight excluding hydrogens is 224 g/mol. The van der Waals surface area contributed by atoms with Crippen molar-refractivity contribution in [3.63, 3.8) is 0 Å². The fraction of sp³-hybridized carbons (Fsp3) is 0.714. The summed E-state index contributed by atoms with van der Waals surface area (Å²) in [7, 11) is 0. The zero-order valence-electron chi connectivity index (χ0n) is 11.8. The van der Waals surface area contributed by atoms with Crippen LogP contribution in [0.1, 0.15) is 44.5 Å². The van der Waals surface area contributed by atoms with E-state index in [0.717, 1.165) is 29.0 Å². The zero-order chi connectivity index (χ0) is 13.3. The molecule has 1 aromatic heterocycles. The molecule has 3 atom stereocenters. The van der Waals surface area contributed by atoms with Gasteiger partial charge < -0.3 is 11.1 Å². The van der Waals surface area contributed by atoms with Crippen LogP contribution in [0.3, 0.4) is 0 Å². The molecule has 2 rings (SSSR count). The maximum absolute atomic E-state index is 5.88. The summed E-state index contributed by atoms with van der Waals surface area (Å²) < 4.78 is 0. The Kier molecular flexibility index (Phi) is 3.73. The van der Waals surface area contributed by atoms with Gasteiger partial charge in [-0.1, -0.05) is 13.8 Å². The third-order valence-corrected chi connectivity index (χ3v) is 4.23. The lowest BCUT2D eigenvalue weighted by atomic mass is 9.79. The summed E-state index contributed by atoms with van der Waals surface area (Å²) in [5, 5.41) is 3.55. The summed E-state index contributed by atoms with van der Waals surface area (Å²) in [5.41, 5.74) is 6.85. The Balaban J connectivity index is 2.10. The van der Waals surface area contributed by atoms with E-state index in [1.165, 1.54) is 19.3 Å². The first-order valence-electron chi connectivity index (χ1n) is 6.84. The highest BCUT2D eigenvalue weighted by molar-refractivity contribution is 5.55. The Bertz CT molecular complexity index is 430. The molecule has 0 spiro atoms. The second-order valence-corrected chi connectivity index (χ2v) is 5.74. The molecule has 1 aromatic rings. The van der Waals surface area contributed by atoms with Gasteiger partial charge in [0.25, 0.3) is 0 Å². The van der Waals surface area contributed by atoms with Crippen LogP contribution >= 0.6 is 0 Å². The van der Waals surface area contributed by atoms with E-state index in [-0.39, 0.29) is 0 Å². The van der Waals surface area contributed by atoms with E-state index in [2.05, 4.69) is 29.1 Å². The van der Waals surface area contributed by atoms with Crippen LogP contribution < -0.4 is 11.1 Å². The van der Waals surface area contributed by atoms with Crippen molar-refractivity contribution in [3.8, 4) is 0 Å². The third-order valence-electron chi connectivity index (χ3n) is 4.23. The van der Waals surface area contributed by atoms with Crippen molar-refractivity contribution in [3.05, 3.63) is 11.4 Å². The number of nitrogen functional groups attached to an aromatic ring is 1. The number of hydrogen-bond acceptors (Lipinski definition) is 4. The van der Waals surface area contributed by atoms with Gasteiger partial charge in [0.2, 0.25) is 0 Å². The number of anilines is 2. The van der Waals surface area contributed by atoms with Crippen LogP contribution in [0.2, 0.25) is 0 Å². The maximum atomic E-state index is 5.88. The van der Waals surface area contributed by atoms with E-state index < -0.39 is 0 Å². The van der Waals surface area contributed by atoms with Gasteiger partial charge in [-0.15, -0.1) is 0 Å². The molecule has 0 aliphatic heterocycles. The lowest BCUT2D eigenvalue weighted by Gasteiger charge is -2.33. The first-order chi connectivity index (χ1) is 8.47. The average Bonchev–Trinajstić information content (AvgIpc) is 2.30. The average molecular weight is 248 g/mol. The molecule has 18 heavy (non-hydrogen) atoms. The summed E-state index contributed by atoms with van der Waals surface area (Å²) in [6.45, 7) is 8.54. The predicted octanol–water partition coefficient (Wildman–Crippen LogP) is 2.91. The molecule has 1 aliphatic rings. The van der Waals surface area contributed by atoms with Crippen molar-refractivity contribution in [1.82, 2.24) is 9.97 Å². The quantitative estimate of drug-likeness (QED) is 0.844. The van der Waals surface area contributed by atoms with E-state index in [1.54, 1.807) is 0 Å². The van der Waals surface area contributed by atoms with E-state index in [9.17, 15) is 0 Å². The van der Waals surface area contributed by atoms with Crippen LogP contribution in [0.4, 0.5) is 11.6 Å². The second kappa shape index (κ2) is 5.12. The minimum Gasteiger partial charge on any atom is -0.383 e. The van der Waals surface area contributed by atoms with Gasteiger partial charge in [-0.05, 0) is 44.9 Å². The number of aryl methyl sites for hydroxylation is 1. The van der Waals surface area contributed by atoms with Crippen molar-refractivity contribution < 1.29 is 0 Å². The first-order valence-corrected chi connectivity index (χ1v) is 6.84. The summed E-state index contributed by atoms with van der Waals surface area (Å²) in [6.07, 6.45) is 3.72. The van der Waals surface area contributed by atoms with Gasteiger partial charge in [-0.3, -0.25) is 0 Å². The molecule has 100 valence electrons. The minimum atomic E-state index is 0.517. The smallest absolute Gasteiger partial charge is 0.134 e. The van der Waals surface area contributed by atoms with Crippen molar-refractivity contribution in [2.45, 2.75) is 53.0 Å². The topological polar surface area (TPSA) is 63.8 Å². The van der Waals surface area contributed by atoms with Gasteiger partial charge in [-0.2, -0.15) is 0 Å². The molecule has 0 bridgehead atoms. The molecule has 0 aromatic carbocycles. The summed E-state index contributed by atoms with van der Waals surface area (Å²) in [6, 6.07) is 0.517. The zero-order valence-corrected chi connectivity index (χ0v) is 11.8. The monoisotopic (exact) mass is 248 g/mol. The molecular formula is C14H24N4. The molecule has 4 nitrogen and oxygen atoms in total. The van der Waals surface area contributed by atoms with Gasteiger partial charge in [0.15, 0.2) is 0 Å². The summed E-state index contributed by atoms with van der Waals surface area (Å²) in [4.78, 5) is 8.65. The number of rotatable bonds is 2. The summed E-state index contributed by atoms with van der Waals surface area (Å²) in [5.74, 6) is 3.84. The van der Waals surface area contributed by atoms with Gasteiger partial charge in [-0.25, -0.2) is 9.97 Å². The van der Waals surface area contributed by atoms with Crippen molar-refractivity contribution in [2.24, 2.45) is 11.8 Å². The first kappa shape index (κ1) is 13.1. The summed E-state index contributed by atoms with van der Waals surface area (Å²) >= 11 is 0. The van der Waals surface area contributed by atoms with Crippen LogP contribution in [0.25, 0.3) is 0 Å². The highest BCUT2D eigenvalue weighted by Gasteiger charge is 2.25. The molecule has 0 saturated heterocycles. The number of nitrogens with two attached hydrogens (primary N) is 1. The van der Waals surface area contributed by atoms with Gasteiger partial charge in [0.05, 0.1) is 0 Å². The highest BCUT2D eigenvalue weighted by Crippen LogP contribution is 2.31. The van der Waals surface area contributed by atoms with Crippen molar-refractivity contribution >= 4 is 11.6 Å². The fourth-order valence-corrected chi connectivity index (χ4v) is 2.66. The van der Waals surface area contributed by atoms with Crippen molar-refractivity contribution in [2.75, 3.05) is 11.1 Å². The molecule has 3 unspecified atom stereocenters. The molecule has 1 saturated carbocycles. The minimum absolute atomic E-state index is 0.517. The normalized spacial score (nSPS) is 28.1. The Labute approximate surface area is 109 Å². The van der Waals surface area contributed by atoms with Crippen LogP contribution in [-0.2, 0) is 0 Å². The SMILES string of the molecule is Cc1nc(N)c(C)c(NC2CCC(C)C(C)C2)n1. The largest absolute Gasteiger partial charge is 0.383 e. The predicted molar refractivity (Wildman–Crippen MR) is 75.5 cm³/mol. The Morgan fingerprint density at radius 1 is 1.11 bits per heavy atom. The molecule has 1 aliphatic carbocycles. The molecule has 3 N–H and O–H groups in total. The molecule has 4 heteroatoms. The number of nitrogens with one attached hydrogen (secondary N) is 1. The van der Waals surface area contributed by atoms with E-state index in [4.69, 9.17) is 5.73 Å². The lowest BCUT2D eigenvalue weighted by molar-refractivity contribution is 0.260. The van der Waals surface area contributed by atoms with Crippen LogP contribution in [0, 0.1) is 25.7 Å². The molecule has 0 radical (unpaired) electrons. The van der Waals surface area contributed by atoms with Crippen molar-refractivity contribution in [1.29, 1.82) is 0 Å². The van der Waals surface area contributed by atoms with Gasteiger partial charge in [0.1, 0.15) is 17.5 Å². The van der Waals surface area contributed by atoms with E-state index >= 15 is 0 Å². The third kappa shape index (κ3) is 2.74. The van der Waals surface area contributed by atoms with Gasteiger partial charge in [0, 0.05) is 11.6 Å². The number of hydrogen-bond donors (Lipinski definition) is 2. The van der Waals surface area contributed by atoms with E-state index in [0.29, 0.717) is 11.9 Å². The molecule has 0 amide bonds. The maximum Gasteiger partial charge on any atom is 0.134 e. The van der Waals surface area contributed by atoms with E-state index in [1.807, 2.05) is 13.8 Å². The van der Waals surface area contributed by atoms with Gasteiger partial charge >= 0.3 is 0 Å². The second-order valence-electron chi connectivity index (χ2n) is 5.74. The highest BCUT2D eigenvalue weighted by atomic mass is 15.1. The molecule has 1 fully saturated rings. The number of nitrogens with zero attached hydrogens (tertiary/aromatic N) is 2. The van der Waals surface area contributed by atoms with Crippen LogP contribution in [0.5, 0.6) is 0 Å². The lowest BCUT2D eigenvalue weighted by Crippen LogP contribution is -2.31. The molecule has 1 heterocycles. The van der Waals surface area contributed by atoms with Crippen LogP contribution in [0.15, 0.2) is 0 Å². The van der Waals surface area contributed by atoms with Crippen LogP contribution in [-0.4, -0.2) is 16.0 Å². The Morgan fingerprint density at radius 3 is 2.50 bits per heavy atom. The fourth-order valence-electron chi connectivity index (χ4n) is 2.66. The standard InChI is InChI=1S/C14H24N4/c1-8-5-6-12(7-9(8)2)18-14-10(3)13(15)16-11(4)17-14/h8-9,12H,5-7H2,1-4H3,(H3,15,16,17,18). The Hall–Kier alpha value is -1.32.